The highest BCUT2D eigenvalue weighted by Gasteiger charge is 2.19. The average molecular weight is 256 g/mol. The van der Waals surface area contributed by atoms with Crippen LogP contribution < -0.4 is 10.6 Å². The predicted octanol–water partition coefficient (Wildman–Crippen LogP) is 1.84. The van der Waals surface area contributed by atoms with E-state index in [4.69, 9.17) is 4.74 Å². The van der Waals surface area contributed by atoms with Crippen LogP contribution in [-0.4, -0.2) is 37.2 Å². The van der Waals surface area contributed by atoms with E-state index in [1.54, 1.807) is 0 Å². The molecule has 0 saturated carbocycles. The van der Waals surface area contributed by atoms with Crippen molar-refractivity contribution >= 4 is 5.91 Å². The Labute approximate surface area is 111 Å². The maximum Gasteiger partial charge on any atom is 0.222 e. The summed E-state index contributed by atoms with van der Waals surface area (Å²) in [5, 5.41) is 6.36. The van der Waals surface area contributed by atoms with Crippen molar-refractivity contribution in [2.24, 2.45) is 0 Å². The van der Waals surface area contributed by atoms with Gasteiger partial charge in [-0.15, -0.1) is 0 Å². The van der Waals surface area contributed by atoms with Gasteiger partial charge in [0.25, 0.3) is 0 Å². The van der Waals surface area contributed by atoms with Crippen LogP contribution in [0.5, 0.6) is 0 Å². The SMILES string of the molecule is CCCC(C)(C)NC(=O)CCOC1CCNCC1. The molecule has 0 aliphatic carbocycles. The molecule has 1 aliphatic heterocycles. The fourth-order valence-electron chi connectivity index (χ4n) is 2.41. The number of hydrogen-bond donors (Lipinski definition) is 2. The smallest absolute Gasteiger partial charge is 0.222 e. The lowest BCUT2D eigenvalue weighted by Crippen LogP contribution is -2.43. The summed E-state index contributed by atoms with van der Waals surface area (Å²) in [5.41, 5.74) is -0.0966. The van der Waals surface area contributed by atoms with Crippen LogP contribution in [0, 0.1) is 0 Å². The Morgan fingerprint density at radius 2 is 2.06 bits per heavy atom. The van der Waals surface area contributed by atoms with Gasteiger partial charge in [0.1, 0.15) is 0 Å². The van der Waals surface area contributed by atoms with Crippen molar-refractivity contribution in [2.45, 2.75) is 64.5 Å². The third kappa shape index (κ3) is 6.36. The van der Waals surface area contributed by atoms with Crippen LogP contribution in [0.1, 0.15) is 52.9 Å². The first-order valence-electron chi connectivity index (χ1n) is 7.17. The first-order valence-corrected chi connectivity index (χ1v) is 7.17. The zero-order valence-electron chi connectivity index (χ0n) is 12.1. The monoisotopic (exact) mass is 256 g/mol. The second-order valence-electron chi connectivity index (χ2n) is 5.75. The normalized spacial score (nSPS) is 17.7. The van der Waals surface area contributed by atoms with Crippen LogP contribution in [0.15, 0.2) is 0 Å². The number of rotatable bonds is 7. The summed E-state index contributed by atoms with van der Waals surface area (Å²) in [6.45, 7) is 8.87. The number of amides is 1. The minimum atomic E-state index is -0.0966. The van der Waals surface area contributed by atoms with Crippen LogP contribution in [0.4, 0.5) is 0 Å². The molecule has 0 radical (unpaired) electrons. The fourth-order valence-corrected chi connectivity index (χ4v) is 2.41. The molecule has 2 N–H and O–H groups in total. The van der Waals surface area contributed by atoms with Crippen LogP contribution >= 0.6 is 0 Å². The molecule has 0 unspecified atom stereocenters. The standard InChI is InChI=1S/C14H28N2O2/c1-4-8-14(2,3)16-13(17)7-11-18-12-5-9-15-10-6-12/h12,15H,4-11H2,1-3H3,(H,16,17). The molecule has 0 aromatic rings. The average Bonchev–Trinajstić information content (AvgIpc) is 2.29. The van der Waals surface area contributed by atoms with Crippen molar-refractivity contribution < 1.29 is 9.53 Å². The van der Waals surface area contributed by atoms with E-state index >= 15 is 0 Å². The van der Waals surface area contributed by atoms with Gasteiger partial charge in [0.05, 0.1) is 12.7 Å². The Kier molecular flexibility index (Phi) is 6.65. The van der Waals surface area contributed by atoms with E-state index in [1.165, 1.54) is 0 Å². The number of ether oxygens (including phenoxy) is 1. The van der Waals surface area contributed by atoms with Crippen molar-refractivity contribution in [3.05, 3.63) is 0 Å². The highest BCUT2D eigenvalue weighted by atomic mass is 16.5. The summed E-state index contributed by atoms with van der Waals surface area (Å²) in [6.07, 6.45) is 5.01. The number of nitrogens with one attached hydrogen (secondary N) is 2. The van der Waals surface area contributed by atoms with E-state index in [0.29, 0.717) is 19.1 Å². The molecule has 1 amide bonds. The van der Waals surface area contributed by atoms with Gasteiger partial charge in [-0.2, -0.15) is 0 Å². The van der Waals surface area contributed by atoms with E-state index in [-0.39, 0.29) is 11.4 Å². The van der Waals surface area contributed by atoms with Crippen LogP contribution in [0.2, 0.25) is 0 Å². The van der Waals surface area contributed by atoms with Gasteiger partial charge in [0.2, 0.25) is 5.91 Å². The molecule has 0 bridgehead atoms. The Balaban J connectivity index is 2.12. The molecule has 1 fully saturated rings. The lowest BCUT2D eigenvalue weighted by Gasteiger charge is -2.26. The highest BCUT2D eigenvalue weighted by molar-refractivity contribution is 5.76. The molecule has 0 atom stereocenters. The van der Waals surface area contributed by atoms with Crippen molar-refractivity contribution in [1.29, 1.82) is 0 Å². The molecule has 4 heteroatoms. The molecular formula is C14H28N2O2. The Morgan fingerprint density at radius 1 is 1.39 bits per heavy atom. The van der Waals surface area contributed by atoms with Gasteiger partial charge in [0, 0.05) is 12.0 Å². The van der Waals surface area contributed by atoms with Gasteiger partial charge in [-0.05, 0) is 46.2 Å². The molecular weight excluding hydrogens is 228 g/mol. The van der Waals surface area contributed by atoms with Crippen LogP contribution in [-0.2, 0) is 9.53 Å². The zero-order chi connectivity index (χ0) is 13.4. The van der Waals surface area contributed by atoms with Gasteiger partial charge >= 0.3 is 0 Å². The Bertz CT molecular complexity index is 248. The van der Waals surface area contributed by atoms with Crippen molar-refractivity contribution in [1.82, 2.24) is 10.6 Å². The van der Waals surface area contributed by atoms with Gasteiger partial charge < -0.3 is 15.4 Å². The second kappa shape index (κ2) is 7.74. The number of carbonyl (C=O) groups excluding carboxylic acids is 1. The summed E-state index contributed by atoms with van der Waals surface area (Å²) in [5.74, 6) is 0.0994. The largest absolute Gasteiger partial charge is 0.378 e. The summed E-state index contributed by atoms with van der Waals surface area (Å²) < 4.78 is 5.73. The first kappa shape index (κ1) is 15.4. The highest BCUT2D eigenvalue weighted by Crippen LogP contribution is 2.11. The lowest BCUT2D eigenvalue weighted by molar-refractivity contribution is -0.124. The van der Waals surface area contributed by atoms with Crippen LogP contribution in [0.25, 0.3) is 0 Å². The van der Waals surface area contributed by atoms with Gasteiger partial charge in [0.15, 0.2) is 0 Å². The summed E-state index contributed by atoms with van der Waals surface area (Å²) >= 11 is 0. The topological polar surface area (TPSA) is 50.4 Å². The predicted molar refractivity (Wildman–Crippen MR) is 73.6 cm³/mol. The van der Waals surface area contributed by atoms with Gasteiger partial charge in [-0.25, -0.2) is 0 Å². The van der Waals surface area contributed by atoms with E-state index in [2.05, 4.69) is 31.4 Å². The van der Waals surface area contributed by atoms with E-state index in [1.807, 2.05) is 0 Å². The fraction of sp³-hybridized carbons (Fsp3) is 0.929. The zero-order valence-corrected chi connectivity index (χ0v) is 12.1. The summed E-state index contributed by atoms with van der Waals surface area (Å²) in [6, 6.07) is 0. The Morgan fingerprint density at radius 3 is 2.67 bits per heavy atom. The molecule has 4 nitrogen and oxygen atoms in total. The van der Waals surface area contributed by atoms with Gasteiger partial charge in [-0.1, -0.05) is 13.3 Å². The Hall–Kier alpha value is -0.610. The molecule has 1 aliphatic rings. The molecule has 0 aromatic heterocycles. The van der Waals surface area contributed by atoms with E-state index in [9.17, 15) is 4.79 Å². The second-order valence-corrected chi connectivity index (χ2v) is 5.75. The number of hydrogen-bond acceptors (Lipinski definition) is 3. The molecule has 106 valence electrons. The summed E-state index contributed by atoms with van der Waals surface area (Å²) in [7, 11) is 0. The molecule has 1 rings (SSSR count). The number of carbonyl (C=O) groups is 1. The first-order chi connectivity index (χ1) is 8.53. The molecule has 0 aromatic carbocycles. The third-order valence-electron chi connectivity index (χ3n) is 3.32. The molecule has 18 heavy (non-hydrogen) atoms. The maximum atomic E-state index is 11.8. The lowest BCUT2D eigenvalue weighted by atomic mass is 9.99. The van der Waals surface area contributed by atoms with Crippen molar-refractivity contribution in [3.63, 3.8) is 0 Å². The van der Waals surface area contributed by atoms with E-state index < -0.39 is 0 Å². The number of piperidine rings is 1. The van der Waals surface area contributed by atoms with Crippen LogP contribution in [0.3, 0.4) is 0 Å². The van der Waals surface area contributed by atoms with Crippen molar-refractivity contribution in [2.75, 3.05) is 19.7 Å². The third-order valence-corrected chi connectivity index (χ3v) is 3.32. The van der Waals surface area contributed by atoms with Gasteiger partial charge in [-0.3, -0.25) is 4.79 Å². The quantitative estimate of drug-likeness (QED) is 0.731. The van der Waals surface area contributed by atoms with Crippen molar-refractivity contribution in [3.8, 4) is 0 Å². The molecule has 1 saturated heterocycles. The minimum Gasteiger partial charge on any atom is -0.378 e. The summed E-state index contributed by atoms with van der Waals surface area (Å²) in [4.78, 5) is 11.8. The van der Waals surface area contributed by atoms with E-state index in [0.717, 1.165) is 38.8 Å². The maximum absolute atomic E-state index is 11.8. The molecule has 1 heterocycles. The molecule has 0 spiro atoms. The minimum absolute atomic E-state index is 0.0966.